The number of halogens is 4. The molecule has 0 fully saturated rings. The zero-order valence-electron chi connectivity index (χ0n) is 10.4. The zero-order valence-corrected chi connectivity index (χ0v) is 11.1. The lowest BCUT2D eigenvalue weighted by atomic mass is 10.2. The highest BCUT2D eigenvalue weighted by molar-refractivity contribution is 6.31. The molecule has 7 heteroatoms. The van der Waals surface area contributed by atoms with Crippen LogP contribution in [0, 0.1) is 0 Å². The van der Waals surface area contributed by atoms with Crippen LogP contribution in [0.1, 0.15) is 5.56 Å². The van der Waals surface area contributed by atoms with E-state index in [4.69, 9.17) is 16.3 Å². The van der Waals surface area contributed by atoms with Crippen LogP contribution in [0.3, 0.4) is 0 Å². The summed E-state index contributed by atoms with van der Waals surface area (Å²) in [5, 5.41) is 3.49. The SMILES string of the molecule is CNCc1c(Cl)cccc1OCCOCC(F)(F)F. The highest BCUT2D eigenvalue weighted by atomic mass is 35.5. The molecule has 0 saturated heterocycles. The molecule has 0 amide bonds. The number of hydrogen-bond donors (Lipinski definition) is 1. The molecule has 3 nitrogen and oxygen atoms in total. The van der Waals surface area contributed by atoms with Crippen LogP contribution < -0.4 is 10.1 Å². The van der Waals surface area contributed by atoms with Crippen LogP contribution in [0.2, 0.25) is 5.02 Å². The van der Waals surface area contributed by atoms with E-state index in [1.165, 1.54) is 0 Å². The Hall–Kier alpha value is -0.980. The van der Waals surface area contributed by atoms with E-state index in [-0.39, 0.29) is 13.2 Å². The zero-order chi connectivity index (χ0) is 14.3. The molecule has 0 unspecified atom stereocenters. The Labute approximate surface area is 114 Å². The van der Waals surface area contributed by atoms with Gasteiger partial charge in [-0.15, -0.1) is 0 Å². The van der Waals surface area contributed by atoms with Crippen molar-refractivity contribution >= 4 is 11.6 Å². The predicted octanol–water partition coefficient (Wildman–Crippen LogP) is 3.02. The van der Waals surface area contributed by atoms with Gasteiger partial charge in [-0.3, -0.25) is 0 Å². The first kappa shape index (κ1) is 16.1. The molecule has 0 aliphatic heterocycles. The van der Waals surface area contributed by atoms with Crippen molar-refractivity contribution < 1.29 is 22.6 Å². The average Bonchev–Trinajstić information content (AvgIpc) is 2.31. The fourth-order valence-corrected chi connectivity index (χ4v) is 1.65. The molecular weight excluding hydrogens is 283 g/mol. The summed E-state index contributed by atoms with van der Waals surface area (Å²) in [6.07, 6.45) is -4.31. The third-order valence-corrected chi connectivity index (χ3v) is 2.53. The van der Waals surface area contributed by atoms with Crippen LogP contribution in [-0.4, -0.2) is 33.0 Å². The molecule has 0 saturated carbocycles. The van der Waals surface area contributed by atoms with Gasteiger partial charge in [-0.05, 0) is 19.2 Å². The van der Waals surface area contributed by atoms with Gasteiger partial charge in [0.2, 0.25) is 0 Å². The summed E-state index contributed by atoms with van der Waals surface area (Å²) in [4.78, 5) is 0. The topological polar surface area (TPSA) is 30.5 Å². The molecule has 0 radical (unpaired) electrons. The number of rotatable bonds is 7. The minimum absolute atomic E-state index is 0.0349. The number of ether oxygens (including phenoxy) is 2. The van der Waals surface area contributed by atoms with Crippen LogP contribution in [-0.2, 0) is 11.3 Å². The Kier molecular flexibility index (Phi) is 6.41. The maximum absolute atomic E-state index is 11.8. The highest BCUT2D eigenvalue weighted by Gasteiger charge is 2.27. The summed E-state index contributed by atoms with van der Waals surface area (Å²) in [6.45, 7) is -0.855. The molecule has 19 heavy (non-hydrogen) atoms. The minimum Gasteiger partial charge on any atom is -0.491 e. The van der Waals surface area contributed by atoms with E-state index in [2.05, 4.69) is 10.1 Å². The normalized spacial score (nSPS) is 11.6. The summed E-state index contributed by atoms with van der Waals surface area (Å²) in [5.74, 6) is 0.539. The lowest BCUT2D eigenvalue weighted by Crippen LogP contribution is -2.19. The molecule has 0 aliphatic carbocycles. The first-order valence-electron chi connectivity index (χ1n) is 5.63. The summed E-state index contributed by atoms with van der Waals surface area (Å²) >= 11 is 6.01. The predicted molar refractivity (Wildman–Crippen MR) is 66.6 cm³/mol. The molecule has 0 bridgehead atoms. The quantitative estimate of drug-likeness (QED) is 0.785. The van der Waals surface area contributed by atoms with E-state index in [1.54, 1.807) is 25.2 Å². The van der Waals surface area contributed by atoms with Crippen molar-refractivity contribution in [1.29, 1.82) is 0 Å². The lowest BCUT2D eigenvalue weighted by molar-refractivity contribution is -0.175. The Bertz CT molecular complexity index is 399. The third kappa shape index (κ3) is 6.13. The second-order valence-electron chi connectivity index (χ2n) is 3.76. The maximum atomic E-state index is 11.8. The van der Waals surface area contributed by atoms with Crippen molar-refractivity contribution in [2.45, 2.75) is 12.7 Å². The van der Waals surface area contributed by atoms with Crippen LogP contribution >= 0.6 is 11.6 Å². The molecule has 1 aromatic rings. The van der Waals surface area contributed by atoms with E-state index in [1.807, 2.05) is 0 Å². The number of alkyl halides is 3. The fourth-order valence-electron chi connectivity index (χ4n) is 1.42. The van der Waals surface area contributed by atoms with Crippen molar-refractivity contribution in [2.24, 2.45) is 0 Å². The van der Waals surface area contributed by atoms with Crippen molar-refractivity contribution in [2.75, 3.05) is 26.9 Å². The second-order valence-corrected chi connectivity index (χ2v) is 4.17. The van der Waals surface area contributed by atoms with Gasteiger partial charge in [0.1, 0.15) is 19.0 Å². The molecule has 0 spiro atoms. The van der Waals surface area contributed by atoms with Crippen molar-refractivity contribution in [3.8, 4) is 5.75 Å². The van der Waals surface area contributed by atoms with E-state index >= 15 is 0 Å². The summed E-state index contributed by atoms with van der Waals surface area (Å²) in [7, 11) is 1.76. The van der Waals surface area contributed by atoms with Gasteiger partial charge in [-0.25, -0.2) is 0 Å². The molecule has 1 aromatic carbocycles. The van der Waals surface area contributed by atoms with Crippen molar-refractivity contribution in [3.05, 3.63) is 28.8 Å². The summed E-state index contributed by atoms with van der Waals surface area (Å²) < 4.78 is 45.3. The Morgan fingerprint density at radius 3 is 2.63 bits per heavy atom. The lowest BCUT2D eigenvalue weighted by Gasteiger charge is -2.13. The second kappa shape index (κ2) is 7.57. The molecule has 1 N–H and O–H groups in total. The van der Waals surface area contributed by atoms with Crippen LogP contribution in [0.5, 0.6) is 5.75 Å². The number of hydrogen-bond acceptors (Lipinski definition) is 3. The molecule has 0 aromatic heterocycles. The van der Waals surface area contributed by atoms with Gasteiger partial charge in [-0.2, -0.15) is 13.2 Å². The van der Waals surface area contributed by atoms with Crippen LogP contribution in [0.25, 0.3) is 0 Å². The molecule has 108 valence electrons. The van der Waals surface area contributed by atoms with Crippen molar-refractivity contribution in [3.63, 3.8) is 0 Å². The van der Waals surface area contributed by atoms with Gasteiger partial charge in [0.05, 0.1) is 6.61 Å². The maximum Gasteiger partial charge on any atom is 0.411 e. The molecule has 0 aliphatic rings. The Morgan fingerprint density at radius 2 is 2.00 bits per heavy atom. The van der Waals surface area contributed by atoms with Gasteiger partial charge in [-0.1, -0.05) is 17.7 Å². The first-order valence-corrected chi connectivity index (χ1v) is 6.01. The van der Waals surface area contributed by atoms with Gasteiger partial charge in [0.15, 0.2) is 0 Å². The largest absolute Gasteiger partial charge is 0.491 e. The van der Waals surface area contributed by atoms with E-state index in [9.17, 15) is 13.2 Å². The smallest absolute Gasteiger partial charge is 0.411 e. The van der Waals surface area contributed by atoms with Crippen LogP contribution in [0.15, 0.2) is 18.2 Å². The highest BCUT2D eigenvalue weighted by Crippen LogP contribution is 2.26. The monoisotopic (exact) mass is 297 g/mol. The molecule has 1 rings (SSSR count). The van der Waals surface area contributed by atoms with Gasteiger partial charge >= 0.3 is 6.18 Å². The number of nitrogens with one attached hydrogen (secondary N) is 1. The minimum atomic E-state index is -4.31. The van der Waals surface area contributed by atoms with Crippen molar-refractivity contribution in [1.82, 2.24) is 5.32 Å². The van der Waals surface area contributed by atoms with E-state index in [0.29, 0.717) is 17.3 Å². The third-order valence-electron chi connectivity index (χ3n) is 2.18. The molecular formula is C12H15ClF3NO2. The van der Waals surface area contributed by atoms with Gasteiger partial charge < -0.3 is 14.8 Å². The Balaban J connectivity index is 2.43. The van der Waals surface area contributed by atoms with Gasteiger partial charge in [0, 0.05) is 17.1 Å². The number of benzene rings is 1. The van der Waals surface area contributed by atoms with E-state index in [0.717, 1.165) is 5.56 Å². The molecule has 0 atom stereocenters. The van der Waals surface area contributed by atoms with Gasteiger partial charge in [0.25, 0.3) is 0 Å². The first-order chi connectivity index (χ1) is 8.94. The fraction of sp³-hybridized carbons (Fsp3) is 0.500. The molecule has 0 heterocycles. The standard InChI is InChI=1S/C12H15ClF3NO2/c1-17-7-9-10(13)3-2-4-11(9)19-6-5-18-8-12(14,15)16/h2-4,17H,5-8H2,1H3. The van der Waals surface area contributed by atoms with Crippen LogP contribution in [0.4, 0.5) is 13.2 Å². The average molecular weight is 298 g/mol. The summed E-state index contributed by atoms with van der Waals surface area (Å²) in [6, 6.07) is 5.15. The summed E-state index contributed by atoms with van der Waals surface area (Å²) in [5.41, 5.74) is 0.766. The Morgan fingerprint density at radius 1 is 1.26 bits per heavy atom. The van der Waals surface area contributed by atoms with E-state index < -0.39 is 12.8 Å².